The highest BCUT2D eigenvalue weighted by molar-refractivity contribution is 6.42. The number of hydrogen-bond donors (Lipinski definition) is 1. The third-order valence-corrected chi connectivity index (χ3v) is 3.65. The van der Waals surface area contributed by atoms with Gasteiger partial charge in [-0.15, -0.1) is 0 Å². The Balaban J connectivity index is 2.16. The number of nitrogens with one attached hydrogen (secondary N) is 1. The maximum absolute atomic E-state index is 6.01. The summed E-state index contributed by atoms with van der Waals surface area (Å²) in [4.78, 5) is 0. The lowest BCUT2D eigenvalue weighted by molar-refractivity contribution is 0.535. The zero-order valence-electron chi connectivity index (χ0n) is 8.60. The molecule has 1 aromatic carbocycles. The van der Waals surface area contributed by atoms with Crippen molar-refractivity contribution in [3.05, 3.63) is 33.8 Å². The highest BCUT2D eigenvalue weighted by Gasteiger charge is 2.14. The van der Waals surface area contributed by atoms with Crippen molar-refractivity contribution in [3.8, 4) is 0 Å². The molecule has 1 N–H and O–H groups in total. The van der Waals surface area contributed by atoms with Crippen LogP contribution in [0.25, 0.3) is 0 Å². The molecular weight excluding hydrogens is 229 g/mol. The number of halogens is 2. The molecule has 1 nitrogen and oxygen atoms in total. The predicted molar refractivity (Wildman–Crippen MR) is 65.7 cm³/mol. The fraction of sp³-hybridized carbons (Fsp3) is 0.500. The molecule has 0 saturated carbocycles. The molecule has 0 bridgehead atoms. The van der Waals surface area contributed by atoms with Crippen molar-refractivity contribution in [3.63, 3.8) is 0 Å². The van der Waals surface area contributed by atoms with E-state index in [9.17, 15) is 0 Å². The van der Waals surface area contributed by atoms with Crippen molar-refractivity contribution in [2.24, 2.45) is 0 Å². The standard InChI is InChI=1S/C12H15Cl2N/c13-10-6-5-9(8-11(10)14)12-4-2-1-3-7-15-12/h5-6,8,12,15H,1-4,7H2/t12-/m0/s1. The van der Waals surface area contributed by atoms with E-state index in [-0.39, 0.29) is 0 Å². The zero-order chi connectivity index (χ0) is 10.7. The molecule has 0 amide bonds. The van der Waals surface area contributed by atoms with Gasteiger partial charge in [-0.3, -0.25) is 0 Å². The second-order valence-corrected chi connectivity index (χ2v) is 4.84. The van der Waals surface area contributed by atoms with Crippen molar-refractivity contribution >= 4 is 23.2 Å². The molecule has 0 aliphatic carbocycles. The average molecular weight is 244 g/mol. The molecule has 0 aromatic heterocycles. The van der Waals surface area contributed by atoms with Gasteiger partial charge in [0.2, 0.25) is 0 Å². The first-order valence-corrected chi connectivity index (χ1v) is 6.21. The molecule has 0 spiro atoms. The lowest BCUT2D eigenvalue weighted by atomic mass is 10.0. The largest absolute Gasteiger partial charge is 0.310 e. The second kappa shape index (κ2) is 5.20. The fourth-order valence-electron chi connectivity index (χ4n) is 2.04. The van der Waals surface area contributed by atoms with Gasteiger partial charge in [-0.1, -0.05) is 42.1 Å². The van der Waals surface area contributed by atoms with Crippen LogP contribution in [0.2, 0.25) is 10.0 Å². The van der Waals surface area contributed by atoms with Gasteiger partial charge >= 0.3 is 0 Å². The third-order valence-electron chi connectivity index (χ3n) is 2.91. The van der Waals surface area contributed by atoms with E-state index in [2.05, 4.69) is 11.4 Å². The van der Waals surface area contributed by atoms with Gasteiger partial charge in [0, 0.05) is 6.04 Å². The summed E-state index contributed by atoms with van der Waals surface area (Å²) in [6.45, 7) is 1.10. The van der Waals surface area contributed by atoms with Gasteiger partial charge in [0.1, 0.15) is 0 Å². The molecule has 15 heavy (non-hydrogen) atoms. The summed E-state index contributed by atoms with van der Waals surface area (Å²) in [7, 11) is 0. The third kappa shape index (κ3) is 2.87. The van der Waals surface area contributed by atoms with E-state index < -0.39 is 0 Å². The van der Waals surface area contributed by atoms with Crippen LogP contribution in [0.1, 0.15) is 37.3 Å². The Morgan fingerprint density at radius 1 is 1.07 bits per heavy atom. The van der Waals surface area contributed by atoms with Crippen molar-refractivity contribution < 1.29 is 0 Å². The molecule has 0 unspecified atom stereocenters. The summed E-state index contributed by atoms with van der Waals surface area (Å²) in [5.74, 6) is 0. The van der Waals surface area contributed by atoms with Crippen LogP contribution in [-0.4, -0.2) is 6.54 Å². The van der Waals surface area contributed by atoms with Crippen molar-refractivity contribution in [2.45, 2.75) is 31.7 Å². The van der Waals surface area contributed by atoms with E-state index in [1.807, 2.05) is 12.1 Å². The Hall–Kier alpha value is -0.240. The lowest BCUT2D eigenvalue weighted by Gasteiger charge is -2.16. The highest BCUT2D eigenvalue weighted by atomic mass is 35.5. The molecule has 1 atom stereocenters. The monoisotopic (exact) mass is 243 g/mol. The summed E-state index contributed by atoms with van der Waals surface area (Å²) < 4.78 is 0. The van der Waals surface area contributed by atoms with Crippen LogP contribution < -0.4 is 5.32 Å². The molecule has 1 heterocycles. The van der Waals surface area contributed by atoms with E-state index in [4.69, 9.17) is 23.2 Å². The van der Waals surface area contributed by atoms with Crippen LogP contribution in [0.5, 0.6) is 0 Å². The van der Waals surface area contributed by atoms with E-state index in [0.29, 0.717) is 16.1 Å². The summed E-state index contributed by atoms with van der Waals surface area (Å²) in [5.41, 5.74) is 1.26. The summed E-state index contributed by atoms with van der Waals surface area (Å²) in [6.07, 6.45) is 5.08. The Labute approximate surface area is 101 Å². The van der Waals surface area contributed by atoms with Crippen LogP contribution in [0.15, 0.2) is 18.2 Å². The van der Waals surface area contributed by atoms with Crippen LogP contribution >= 0.6 is 23.2 Å². The van der Waals surface area contributed by atoms with E-state index in [0.717, 1.165) is 6.54 Å². The van der Waals surface area contributed by atoms with Crippen LogP contribution in [-0.2, 0) is 0 Å². The number of benzene rings is 1. The Kier molecular flexibility index (Phi) is 3.90. The zero-order valence-corrected chi connectivity index (χ0v) is 10.1. The minimum absolute atomic E-state index is 0.447. The smallest absolute Gasteiger partial charge is 0.0595 e. The number of hydrogen-bond acceptors (Lipinski definition) is 1. The molecule has 1 aromatic rings. The highest BCUT2D eigenvalue weighted by Crippen LogP contribution is 2.28. The van der Waals surface area contributed by atoms with E-state index >= 15 is 0 Å². The van der Waals surface area contributed by atoms with E-state index in [1.54, 1.807) is 0 Å². The summed E-state index contributed by atoms with van der Waals surface area (Å²) in [6, 6.07) is 6.37. The normalized spacial score (nSPS) is 22.4. The Morgan fingerprint density at radius 2 is 1.93 bits per heavy atom. The molecule has 1 fully saturated rings. The topological polar surface area (TPSA) is 12.0 Å². The maximum Gasteiger partial charge on any atom is 0.0595 e. The first-order valence-electron chi connectivity index (χ1n) is 5.46. The van der Waals surface area contributed by atoms with Gasteiger partial charge < -0.3 is 5.32 Å². The fourth-order valence-corrected chi connectivity index (χ4v) is 2.35. The van der Waals surface area contributed by atoms with E-state index in [1.165, 1.54) is 31.2 Å². The molecule has 1 saturated heterocycles. The molecular formula is C12H15Cl2N. The maximum atomic E-state index is 6.01. The minimum atomic E-state index is 0.447. The first-order chi connectivity index (χ1) is 7.27. The number of rotatable bonds is 1. The Bertz CT molecular complexity index is 330. The molecule has 0 radical (unpaired) electrons. The average Bonchev–Trinajstić information content (AvgIpc) is 2.50. The molecule has 2 rings (SSSR count). The van der Waals surface area contributed by atoms with Gasteiger partial charge in [0.15, 0.2) is 0 Å². The van der Waals surface area contributed by atoms with Gasteiger partial charge in [-0.05, 0) is 37.1 Å². The van der Waals surface area contributed by atoms with Crippen LogP contribution in [0, 0.1) is 0 Å². The first kappa shape index (κ1) is 11.3. The minimum Gasteiger partial charge on any atom is -0.310 e. The van der Waals surface area contributed by atoms with Gasteiger partial charge in [-0.25, -0.2) is 0 Å². The second-order valence-electron chi connectivity index (χ2n) is 4.03. The van der Waals surface area contributed by atoms with Crippen LogP contribution in [0.3, 0.4) is 0 Å². The molecule has 3 heteroatoms. The van der Waals surface area contributed by atoms with Gasteiger partial charge in [-0.2, -0.15) is 0 Å². The lowest BCUT2D eigenvalue weighted by Crippen LogP contribution is -2.20. The van der Waals surface area contributed by atoms with Gasteiger partial charge in [0.05, 0.1) is 10.0 Å². The van der Waals surface area contributed by atoms with Crippen molar-refractivity contribution in [2.75, 3.05) is 6.54 Å². The summed E-state index contributed by atoms with van der Waals surface area (Å²) in [5, 5.41) is 4.83. The molecule has 1 aliphatic rings. The quantitative estimate of drug-likeness (QED) is 0.780. The predicted octanol–water partition coefficient (Wildman–Crippen LogP) is 4.20. The van der Waals surface area contributed by atoms with Gasteiger partial charge in [0.25, 0.3) is 0 Å². The van der Waals surface area contributed by atoms with Crippen molar-refractivity contribution in [1.82, 2.24) is 5.32 Å². The molecule has 1 aliphatic heterocycles. The SMILES string of the molecule is Clc1ccc([C@@H]2CCCCCN2)cc1Cl. The summed E-state index contributed by atoms with van der Waals surface area (Å²) >= 11 is 11.9. The molecule has 82 valence electrons. The Morgan fingerprint density at radius 3 is 2.73 bits per heavy atom. The van der Waals surface area contributed by atoms with Crippen molar-refractivity contribution in [1.29, 1.82) is 0 Å². The van der Waals surface area contributed by atoms with Crippen LogP contribution in [0.4, 0.5) is 0 Å².